The minimum absolute atomic E-state index is 0.105. The number of rotatable bonds is 3. The van der Waals surface area contributed by atoms with Gasteiger partial charge in [-0.05, 0) is 29.5 Å². The van der Waals surface area contributed by atoms with E-state index in [1.807, 2.05) is 36.4 Å². The minimum Gasteiger partial charge on any atom is -0.349 e. The largest absolute Gasteiger partial charge is 0.349 e. The van der Waals surface area contributed by atoms with Gasteiger partial charge < -0.3 is 5.32 Å². The lowest BCUT2D eigenvalue weighted by atomic mass is 10.1. The lowest BCUT2D eigenvalue weighted by Gasteiger charge is -2.14. The van der Waals surface area contributed by atoms with E-state index in [4.69, 9.17) is 0 Å². The van der Waals surface area contributed by atoms with E-state index in [1.165, 1.54) is 11.1 Å². The first-order valence-electron chi connectivity index (χ1n) is 6.74. The third kappa shape index (κ3) is 2.68. The van der Waals surface area contributed by atoms with Crippen LogP contribution >= 0.6 is 0 Å². The van der Waals surface area contributed by atoms with Crippen LogP contribution < -0.4 is 5.32 Å². The molecule has 0 fully saturated rings. The topological polar surface area (TPSA) is 29.1 Å². The van der Waals surface area contributed by atoms with Gasteiger partial charge in [0, 0.05) is 0 Å². The van der Waals surface area contributed by atoms with Crippen molar-refractivity contribution in [2.75, 3.05) is 0 Å². The molecule has 1 aliphatic carbocycles. The first-order valence-corrected chi connectivity index (χ1v) is 6.74. The number of nitrogens with one attached hydrogen (secondary N) is 1. The van der Waals surface area contributed by atoms with Gasteiger partial charge in [0.25, 0.3) is 0 Å². The van der Waals surface area contributed by atoms with Crippen LogP contribution in [-0.2, 0) is 17.6 Å². The van der Waals surface area contributed by atoms with Crippen molar-refractivity contribution in [2.24, 2.45) is 0 Å². The number of fused-ring (bicyclic) bond motifs is 1. The van der Waals surface area contributed by atoms with E-state index in [1.54, 1.807) is 0 Å². The summed E-state index contributed by atoms with van der Waals surface area (Å²) in [5.41, 5.74) is 3.71. The van der Waals surface area contributed by atoms with Gasteiger partial charge in [-0.3, -0.25) is 4.79 Å². The van der Waals surface area contributed by atoms with Gasteiger partial charge in [0.05, 0.1) is 12.5 Å². The first kappa shape index (κ1) is 12.0. The molecule has 0 aromatic heterocycles. The van der Waals surface area contributed by atoms with Crippen LogP contribution in [0.25, 0.3) is 0 Å². The highest BCUT2D eigenvalue weighted by Crippen LogP contribution is 2.30. The van der Waals surface area contributed by atoms with Gasteiger partial charge in [0.2, 0.25) is 5.91 Å². The summed E-state index contributed by atoms with van der Waals surface area (Å²) in [5, 5.41) is 3.14. The molecule has 0 heterocycles. The van der Waals surface area contributed by atoms with Crippen LogP contribution in [0.4, 0.5) is 0 Å². The van der Waals surface area contributed by atoms with Crippen molar-refractivity contribution in [1.29, 1.82) is 0 Å². The maximum absolute atomic E-state index is 12.1. The summed E-state index contributed by atoms with van der Waals surface area (Å²) in [6.45, 7) is 0. The normalized spacial score (nSPS) is 16.9. The van der Waals surface area contributed by atoms with Crippen LogP contribution in [0.3, 0.4) is 0 Å². The second kappa shape index (κ2) is 5.27. The molecule has 0 radical (unpaired) electrons. The summed E-state index contributed by atoms with van der Waals surface area (Å²) >= 11 is 0. The van der Waals surface area contributed by atoms with Crippen molar-refractivity contribution in [2.45, 2.75) is 25.3 Å². The summed E-state index contributed by atoms with van der Waals surface area (Å²) in [6, 6.07) is 18.4. The molecule has 1 aliphatic rings. The molecular formula is C17H17NO. The molecular weight excluding hydrogens is 234 g/mol. The highest BCUT2D eigenvalue weighted by atomic mass is 16.1. The molecule has 96 valence electrons. The zero-order chi connectivity index (χ0) is 13.1. The Hall–Kier alpha value is -2.09. The Kier molecular flexibility index (Phi) is 3.32. The predicted molar refractivity (Wildman–Crippen MR) is 75.8 cm³/mol. The quantitative estimate of drug-likeness (QED) is 0.892. The van der Waals surface area contributed by atoms with Crippen molar-refractivity contribution < 1.29 is 4.79 Å². The Morgan fingerprint density at radius 3 is 2.63 bits per heavy atom. The van der Waals surface area contributed by atoms with Gasteiger partial charge in [0.15, 0.2) is 0 Å². The molecule has 2 aromatic rings. The standard InChI is InChI=1S/C17H17NO/c19-17(12-13-6-2-1-3-7-13)18-16-11-10-14-8-4-5-9-15(14)16/h1-9,16H,10-12H2,(H,18,19). The number of carbonyl (C=O) groups is 1. The molecule has 1 unspecified atom stereocenters. The number of carbonyl (C=O) groups excluding carboxylic acids is 1. The van der Waals surface area contributed by atoms with Crippen LogP contribution in [0.15, 0.2) is 54.6 Å². The van der Waals surface area contributed by atoms with Gasteiger partial charge in [-0.25, -0.2) is 0 Å². The van der Waals surface area contributed by atoms with Gasteiger partial charge in [-0.2, -0.15) is 0 Å². The lowest BCUT2D eigenvalue weighted by Crippen LogP contribution is -2.28. The zero-order valence-electron chi connectivity index (χ0n) is 10.8. The second-order valence-corrected chi connectivity index (χ2v) is 5.02. The highest BCUT2D eigenvalue weighted by Gasteiger charge is 2.23. The van der Waals surface area contributed by atoms with Crippen LogP contribution in [-0.4, -0.2) is 5.91 Å². The summed E-state index contributed by atoms with van der Waals surface area (Å²) in [4.78, 5) is 12.1. The summed E-state index contributed by atoms with van der Waals surface area (Å²) in [7, 11) is 0. The molecule has 1 N–H and O–H groups in total. The summed E-state index contributed by atoms with van der Waals surface area (Å²) in [6.07, 6.45) is 2.53. The van der Waals surface area contributed by atoms with Crippen LogP contribution in [0.5, 0.6) is 0 Å². The number of aryl methyl sites for hydroxylation is 1. The molecule has 0 spiro atoms. The number of hydrogen-bond acceptors (Lipinski definition) is 1. The number of hydrogen-bond donors (Lipinski definition) is 1. The molecule has 2 nitrogen and oxygen atoms in total. The van der Waals surface area contributed by atoms with E-state index in [2.05, 4.69) is 23.5 Å². The molecule has 1 amide bonds. The van der Waals surface area contributed by atoms with Crippen LogP contribution in [0.2, 0.25) is 0 Å². The Balaban J connectivity index is 1.65. The van der Waals surface area contributed by atoms with Crippen LogP contribution in [0, 0.1) is 0 Å². The summed E-state index contributed by atoms with van der Waals surface area (Å²) < 4.78 is 0. The zero-order valence-corrected chi connectivity index (χ0v) is 10.8. The average Bonchev–Trinajstić information content (AvgIpc) is 2.83. The van der Waals surface area contributed by atoms with Gasteiger partial charge >= 0.3 is 0 Å². The highest BCUT2D eigenvalue weighted by molar-refractivity contribution is 5.79. The van der Waals surface area contributed by atoms with Crippen molar-refractivity contribution in [3.8, 4) is 0 Å². The molecule has 2 heteroatoms. The number of amides is 1. The molecule has 0 bridgehead atoms. The van der Waals surface area contributed by atoms with E-state index < -0.39 is 0 Å². The Bertz CT molecular complexity index is 577. The van der Waals surface area contributed by atoms with Gasteiger partial charge in [0.1, 0.15) is 0 Å². The van der Waals surface area contributed by atoms with Crippen molar-refractivity contribution in [3.63, 3.8) is 0 Å². The molecule has 2 aromatic carbocycles. The smallest absolute Gasteiger partial charge is 0.224 e. The fourth-order valence-electron chi connectivity index (χ4n) is 2.73. The SMILES string of the molecule is O=C(Cc1ccccc1)NC1CCc2ccccc21. The van der Waals surface area contributed by atoms with Crippen molar-refractivity contribution in [1.82, 2.24) is 5.32 Å². The molecule has 1 atom stereocenters. The minimum atomic E-state index is 0.105. The van der Waals surface area contributed by atoms with Crippen LogP contribution in [0.1, 0.15) is 29.2 Å². The monoisotopic (exact) mass is 251 g/mol. The van der Waals surface area contributed by atoms with Crippen molar-refractivity contribution in [3.05, 3.63) is 71.3 Å². The van der Waals surface area contributed by atoms with Crippen molar-refractivity contribution >= 4 is 5.91 Å². The fraction of sp³-hybridized carbons (Fsp3) is 0.235. The van der Waals surface area contributed by atoms with Gasteiger partial charge in [-0.15, -0.1) is 0 Å². The Labute approximate surface area is 113 Å². The average molecular weight is 251 g/mol. The molecule has 0 saturated carbocycles. The predicted octanol–water partition coefficient (Wildman–Crippen LogP) is 3.03. The Morgan fingerprint density at radius 2 is 1.79 bits per heavy atom. The van der Waals surface area contributed by atoms with Gasteiger partial charge in [-0.1, -0.05) is 54.6 Å². The van der Waals surface area contributed by atoms with E-state index in [9.17, 15) is 4.79 Å². The van der Waals surface area contributed by atoms with E-state index >= 15 is 0 Å². The molecule has 0 saturated heterocycles. The van der Waals surface area contributed by atoms with E-state index in [-0.39, 0.29) is 11.9 Å². The summed E-state index contributed by atoms with van der Waals surface area (Å²) in [5.74, 6) is 0.105. The second-order valence-electron chi connectivity index (χ2n) is 5.02. The molecule has 19 heavy (non-hydrogen) atoms. The molecule has 3 rings (SSSR count). The lowest BCUT2D eigenvalue weighted by molar-refractivity contribution is -0.121. The first-order chi connectivity index (χ1) is 9.33. The van der Waals surface area contributed by atoms with E-state index in [0.717, 1.165) is 18.4 Å². The molecule has 0 aliphatic heterocycles. The maximum atomic E-state index is 12.1. The fourth-order valence-corrected chi connectivity index (χ4v) is 2.73. The maximum Gasteiger partial charge on any atom is 0.224 e. The Morgan fingerprint density at radius 1 is 1.05 bits per heavy atom. The number of benzene rings is 2. The van der Waals surface area contributed by atoms with E-state index in [0.29, 0.717) is 6.42 Å². The third-order valence-electron chi connectivity index (χ3n) is 3.68. The third-order valence-corrected chi connectivity index (χ3v) is 3.68.